The number of nitrogens with one attached hydrogen (secondary N) is 1. The van der Waals surface area contributed by atoms with Crippen LogP contribution in [0.3, 0.4) is 0 Å². The number of amides is 1. The molecule has 1 rings (SSSR count). The number of carbonyl (C=O) groups excluding carboxylic acids is 1. The van der Waals surface area contributed by atoms with Crippen molar-refractivity contribution < 1.29 is 14.7 Å². The van der Waals surface area contributed by atoms with Crippen LogP contribution in [0.15, 0.2) is 18.2 Å². The largest absolute Gasteiger partial charge is 0.481 e. The van der Waals surface area contributed by atoms with Gasteiger partial charge in [0.2, 0.25) is 0 Å². The molecule has 110 valence electrons. The molecule has 0 aliphatic rings. The van der Waals surface area contributed by atoms with Gasteiger partial charge >= 0.3 is 5.97 Å². The molecule has 0 radical (unpaired) electrons. The zero-order valence-corrected chi connectivity index (χ0v) is 13.3. The molecule has 0 aliphatic heterocycles. The van der Waals surface area contributed by atoms with E-state index in [2.05, 4.69) is 5.32 Å². The number of carbonyl (C=O) groups is 2. The van der Waals surface area contributed by atoms with Gasteiger partial charge in [-0.1, -0.05) is 23.2 Å². The lowest BCUT2D eigenvalue weighted by Crippen LogP contribution is -2.57. The molecule has 0 aromatic heterocycles. The van der Waals surface area contributed by atoms with Crippen LogP contribution < -0.4 is 5.32 Å². The summed E-state index contributed by atoms with van der Waals surface area (Å²) in [5.41, 5.74) is -1.84. The molecule has 0 bridgehead atoms. The van der Waals surface area contributed by atoms with Crippen molar-refractivity contribution >= 4 is 35.1 Å². The van der Waals surface area contributed by atoms with Crippen molar-refractivity contribution in [1.82, 2.24) is 5.32 Å². The van der Waals surface area contributed by atoms with Gasteiger partial charge in [-0.25, -0.2) is 0 Å². The summed E-state index contributed by atoms with van der Waals surface area (Å²) in [7, 11) is 0. The van der Waals surface area contributed by atoms with E-state index in [4.69, 9.17) is 23.2 Å². The lowest BCUT2D eigenvalue weighted by molar-refractivity contribution is -0.150. The fourth-order valence-electron chi connectivity index (χ4n) is 1.45. The molecule has 0 aliphatic carbocycles. The van der Waals surface area contributed by atoms with Crippen molar-refractivity contribution in [3.05, 3.63) is 33.8 Å². The first-order valence-electron chi connectivity index (χ1n) is 6.00. The number of halogens is 2. The molecule has 1 aromatic rings. The fraction of sp³-hybridized carbons (Fsp3) is 0.429. The molecule has 2 N–H and O–H groups in total. The number of carboxylic acid groups (broad SMARTS) is 1. The Labute approximate surface area is 128 Å². The van der Waals surface area contributed by atoms with Gasteiger partial charge in [0, 0.05) is 5.02 Å². The Bertz CT molecular complexity index is 553. The lowest BCUT2D eigenvalue weighted by atomic mass is 9.74. The first-order valence-corrected chi connectivity index (χ1v) is 6.75. The van der Waals surface area contributed by atoms with E-state index in [0.717, 1.165) is 0 Å². The van der Waals surface area contributed by atoms with Crippen LogP contribution >= 0.6 is 23.2 Å². The van der Waals surface area contributed by atoms with Crippen LogP contribution in [-0.2, 0) is 4.79 Å². The summed E-state index contributed by atoms with van der Waals surface area (Å²) in [6.07, 6.45) is 0. The second-order valence-corrected chi connectivity index (χ2v) is 6.48. The van der Waals surface area contributed by atoms with E-state index in [1.165, 1.54) is 12.1 Å². The molecule has 0 unspecified atom stereocenters. The number of aliphatic carboxylic acids is 1. The second kappa shape index (κ2) is 5.62. The van der Waals surface area contributed by atoms with Crippen molar-refractivity contribution in [2.45, 2.75) is 33.2 Å². The highest BCUT2D eigenvalue weighted by Crippen LogP contribution is 2.31. The maximum Gasteiger partial charge on any atom is 0.311 e. The van der Waals surface area contributed by atoms with E-state index in [1.54, 1.807) is 33.8 Å². The number of carboxylic acids is 1. The van der Waals surface area contributed by atoms with Gasteiger partial charge in [-0.15, -0.1) is 0 Å². The van der Waals surface area contributed by atoms with E-state index in [-0.39, 0.29) is 10.6 Å². The predicted octanol–water partition coefficient (Wildman–Crippen LogP) is 3.61. The summed E-state index contributed by atoms with van der Waals surface area (Å²) >= 11 is 11.7. The van der Waals surface area contributed by atoms with Crippen LogP contribution in [0.2, 0.25) is 10.0 Å². The topological polar surface area (TPSA) is 66.4 Å². The van der Waals surface area contributed by atoms with Crippen LogP contribution in [0.25, 0.3) is 0 Å². The Morgan fingerprint density at radius 3 is 2.15 bits per heavy atom. The second-order valence-electron chi connectivity index (χ2n) is 5.63. The minimum atomic E-state index is -1.14. The summed E-state index contributed by atoms with van der Waals surface area (Å²) < 4.78 is 0. The Morgan fingerprint density at radius 2 is 1.70 bits per heavy atom. The Kier molecular flexibility index (Phi) is 4.72. The first kappa shape index (κ1) is 16.8. The molecule has 0 atom stereocenters. The van der Waals surface area contributed by atoms with Crippen molar-refractivity contribution in [1.29, 1.82) is 0 Å². The van der Waals surface area contributed by atoms with Crippen LogP contribution in [-0.4, -0.2) is 22.5 Å². The molecule has 0 saturated carbocycles. The summed E-state index contributed by atoms with van der Waals surface area (Å²) in [5, 5.41) is 12.6. The van der Waals surface area contributed by atoms with Gasteiger partial charge < -0.3 is 10.4 Å². The molecule has 0 spiro atoms. The number of rotatable bonds is 4. The van der Waals surface area contributed by atoms with E-state index in [9.17, 15) is 14.7 Å². The van der Waals surface area contributed by atoms with Crippen LogP contribution in [0.4, 0.5) is 0 Å². The standard InChI is InChI=1S/C14H17Cl2NO3/c1-13(2,12(19)20)14(3,4)17-11(18)9-6-5-8(15)7-10(9)16/h5-7H,1-4H3,(H,17,18)(H,19,20). The van der Waals surface area contributed by atoms with Gasteiger partial charge in [0.05, 0.1) is 21.5 Å². The third-order valence-electron chi connectivity index (χ3n) is 3.70. The Balaban J connectivity index is 3.03. The minimum Gasteiger partial charge on any atom is -0.481 e. The normalized spacial score (nSPS) is 12.1. The summed E-state index contributed by atoms with van der Waals surface area (Å²) in [5.74, 6) is -1.43. The fourth-order valence-corrected chi connectivity index (χ4v) is 1.94. The van der Waals surface area contributed by atoms with Gasteiger partial charge in [-0.3, -0.25) is 9.59 Å². The molecular formula is C14H17Cl2NO3. The first-order chi connectivity index (χ1) is 8.99. The van der Waals surface area contributed by atoms with Crippen molar-refractivity contribution in [2.24, 2.45) is 5.41 Å². The van der Waals surface area contributed by atoms with E-state index < -0.39 is 22.8 Å². The summed E-state index contributed by atoms with van der Waals surface area (Å²) in [4.78, 5) is 23.5. The highest BCUT2D eigenvalue weighted by atomic mass is 35.5. The van der Waals surface area contributed by atoms with Crippen LogP contribution in [0.1, 0.15) is 38.1 Å². The van der Waals surface area contributed by atoms with Gasteiger partial charge in [0.25, 0.3) is 5.91 Å². The zero-order chi connectivity index (χ0) is 15.7. The van der Waals surface area contributed by atoms with E-state index >= 15 is 0 Å². The van der Waals surface area contributed by atoms with E-state index in [0.29, 0.717) is 5.02 Å². The van der Waals surface area contributed by atoms with Gasteiger partial charge in [0.15, 0.2) is 0 Å². The van der Waals surface area contributed by atoms with Gasteiger partial charge in [-0.05, 0) is 45.9 Å². The van der Waals surface area contributed by atoms with Crippen molar-refractivity contribution in [3.8, 4) is 0 Å². The Morgan fingerprint density at radius 1 is 1.15 bits per heavy atom. The SMILES string of the molecule is CC(C)(NC(=O)c1ccc(Cl)cc1Cl)C(C)(C)C(=O)O. The Hall–Kier alpha value is -1.26. The number of hydrogen-bond acceptors (Lipinski definition) is 2. The average Bonchev–Trinajstić information content (AvgIpc) is 2.27. The van der Waals surface area contributed by atoms with Crippen molar-refractivity contribution in [2.75, 3.05) is 0 Å². The summed E-state index contributed by atoms with van der Waals surface area (Å²) in [6.45, 7) is 6.42. The molecule has 0 saturated heterocycles. The maximum absolute atomic E-state index is 12.2. The van der Waals surface area contributed by atoms with Crippen LogP contribution in [0, 0.1) is 5.41 Å². The maximum atomic E-state index is 12.2. The smallest absolute Gasteiger partial charge is 0.311 e. The molecule has 20 heavy (non-hydrogen) atoms. The average molecular weight is 318 g/mol. The highest BCUT2D eigenvalue weighted by molar-refractivity contribution is 6.36. The lowest BCUT2D eigenvalue weighted by Gasteiger charge is -2.38. The monoisotopic (exact) mass is 317 g/mol. The van der Waals surface area contributed by atoms with Crippen molar-refractivity contribution in [3.63, 3.8) is 0 Å². The molecule has 1 amide bonds. The number of benzene rings is 1. The highest BCUT2D eigenvalue weighted by Gasteiger charge is 2.44. The molecular weight excluding hydrogens is 301 g/mol. The molecule has 1 aromatic carbocycles. The third kappa shape index (κ3) is 3.25. The predicted molar refractivity (Wildman–Crippen MR) is 79.4 cm³/mol. The summed E-state index contributed by atoms with van der Waals surface area (Å²) in [6, 6.07) is 4.52. The van der Waals surface area contributed by atoms with Gasteiger partial charge in [0.1, 0.15) is 0 Å². The minimum absolute atomic E-state index is 0.221. The molecule has 0 fully saturated rings. The number of hydrogen-bond donors (Lipinski definition) is 2. The third-order valence-corrected chi connectivity index (χ3v) is 4.25. The van der Waals surface area contributed by atoms with E-state index in [1.807, 2.05) is 0 Å². The van der Waals surface area contributed by atoms with Gasteiger partial charge in [-0.2, -0.15) is 0 Å². The molecule has 4 nitrogen and oxygen atoms in total. The van der Waals surface area contributed by atoms with Crippen LogP contribution in [0.5, 0.6) is 0 Å². The quantitative estimate of drug-likeness (QED) is 0.891. The zero-order valence-electron chi connectivity index (χ0n) is 11.8. The molecule has 0 heterocycles. The molecule has 6 heteroatoms.